The number of nitrogens with one attached hydrogen (secondary N) is 2. The predicted molar refractivity (Wildman–Crippen MR) is 77.1 cm³/mol. The molecule has 0 saturated carbocycles. The van der Waals surface area contributed by atoms with E-state index >= 15 is 0 Å². The number of aromatic amines is 1. The lowest BCUT2D eigenvalue weighted by molar-refractivity contribution is -0.143. The summed E-state index contributed by atoms with van der Waals surface area (Å²) in [5, 5.41) is 22.2. The summed E-state index contributed by atoms with van der Waals surface area (Å²) in [6.45, 7) is 8.85. The van der Waals surface area contributed by atoms with Crippen molar-refractivity contribution >= 4 is 11.7 Å². The van der Waals surface area contributed by atoms with Crippen LogP contribution in [0.4, 0.5) is 5.82 Å². The van der Waals surface area contributed by atoms with Crippen LogP contribution in [0.15, 0.2) is 5.16 Å². The number of oxime groups is 1. The zero-order chi connectivity index (χ0) is 15.0. The Balaban J connectivity index is 3.00. The van der Waals surface area contributed by atoms with E-state index in [1.165, 1.54) is 0 Å². The van der Waals surface area contributed by atoms with Crippen LogP contribution in [-0.4, -0.2) is 34.5 Å². The number of ether oxygens (including phenoxy) is 2. The van der Waals surface area contributed by atoms with Gasteiger partial charge in [-0.05, 0) is 20.3 Å². The Bertz CT molecular complexity index is 425. The van der Waals surface area contributed by atoms with Crippen molar-refractivity contribution in [2.24, 2.45) is 5.16 Å². The Morgan fingerprint density at radius 1 is 1.30 bits per heavy atom. The van der Waals surface area contributed by atoms with Crippen LogP contribution in [-0.2, 0) is 15.9 Å². The zero-order valence-corrected chi connectivity index (χ0v) is 12.6. The molecule has 0 amide bonds. The van der Waals surface area contributed by atoms with Gasteiger partial charge in [-0.25, -0.2) is 0 Å². The summed E-state index contributed by atoms with van der Waals surface area (Å²) in [6, 6.07) is 0. The standard InChI is InChI=1S/C13H24N4O3/c1-5-9-11(13(19-7-3)20-8-4)15-16-12(9)14-10(6-2)17-18/h13,18H,5-8H2,1-4H3,(H2,14,15,16,17). The normalized spacial score (nSPS) is 12.2. The molecule has 1 aromatic rings. The molecule has 0 unspecified atom stereocenters. The second-order valence-electron chi connectivity index (χ2n) is 4.09. The highest BCUT2D eigenvalue weighted by Crippen LogP contribution is 2.26. The van der Waals surface area contributed by atoms with Gasteiger partial charge < -0.3 is 20.0 Å². The number of anilines is 1. The number of H-pyrrole nitrogens is 1. The molecule has 0 radical (unpaired) electrons. The summed E-state index contributed by atoms with van der Waals surface area (Å²) in [5.74, 6) is 1.10. The number of nitrogens with zero attached hydrogens (tertiary/aromatic N) is 2. The fourth-order valence-corrected chi connectivity index (χ4v) is 1.87. The van der Waals surface area contributed by atoms with Crippen molar-refractivity contribution < 1.29 is 14.7 Å². The molecule has 1 heterocycles. The number of hydrogen-bond acceptors (Lipinski definition) is 5. The van der Waals surface area contributed by atoms with Gasteiger partial charge in [0.25, 0.3) is 0 Å². The topological polar surface area (TPSA) is 91.8 Å². The van der Waals surface area contributed by atoms with Gasteiger partial charge in [-0.2, -0.15) is 5.10 Å². The summed E-state index contributed by atoms with van der Waals surface area (Å²) >= 11 is 0. The molecule has 1 aromatic heterocycles. The molecule has 0 atom stereocenters. The average molecular weight is 284 g/mol. The molecule has 1 rings (SSSR count). The Morgan fingerprint density at radius 2 is 1.95 bits per heavy atom. The van der Waals surface area contributed by atoms with Gasteiger partial charge in [0.1, 0.15) is 5.84 Å². The lowest BCUT2D eigenvalue weighted by atomic mass is 10.1. The minimum atomic E-state index is -0.459. The lowest BCUT2D eigenvalue weighted by Crippen LogP contribution is -2.13. The second-order valence-corrected chi connectivity index (χ2v) is 4.09. The minimum absolute atomic E-state index is 0.459. The molecule has 0 spiro atoms. The first-order valence-electron chi connectivity index (χ1n) is 6.99. The Hall–Kier alpha value is -1.60. The maximum atomic E-state index is 8.87. The summed E-state index contributed by atoms with van der Waals surface area (Å²) in [5.41, 5.74) is 1.76. The first kappa shape index (κ1) is 16.5. The molecule has 0 saturated heterocycles. The van der Waals surface area contributed by atoms with E-state index < -0.39 is 6.29 Å². The molecule has 0 bridgehead atoms. The molecule has 0 fully saturated rings. The molecule has 0 aromatic carbocycles. The van der Waals surface area contributed by atoms with Gasteiger partial charge in [-0.15, -0.1) is 0 Å². The van der Waals surface area contributed by atoms with E-state index in [1.807, 2.05) is 27.7 Å². The van der Waals surface area contributed by atoms with Gasteiger partial charge in [0, 0.05) is 25.2 Å². The quantitative estimate of drug-likeness (QED) is 0.224. The van der Waals surface area contributed by atoms with Crippen molar-refractivity contribution in [3.63, 3.8) is 0 Å². The largest absolute Gasteiger partial charge is 0.409 e. The molecule has 7 nitrogen and oxygen atoms in total. The predicted octanol–water partition coefficient (Wildman–Crippen LogP) is 2.65. The first-order valence-corrected chi connectivity index (χ1v) is 6.99. The third-order valence-corrected chi connectivity index (χ3v) is 2.84. The number of aromatic nitrogens is 2. The van der Waals surface area contributed by atoms with Gasteiger partial charge in [-0.1, -0.05) is 19.0 Å². The van der Waals surface area contributed by atoms with Crippen LogP contribution in [0.25, 0.3) is 0 Å². The Labute approximate surface area is 119 Å². The van der Waals surface area contributed by atoms with Crippen LogP contribution >= 0.6 is 0 Å². The number of amidine groups is 1. The molecular formula is C13H24N4O3. The van der Waals surface area contributed by atoms with Gasteiger partial charge in [0.2, 0.25) is 6.29 Å². The highest BCUT2D eigenvalue weighted by molar-refractivity contribution is 5.94. The van der Waals surface area contributed by atoms with Crippen LogP contribution in [0.3, 0.4) is 0 Å². The van der Waals surface area contributed by atoms with Gasteiger partial charge in [0.15, 0.2) is 5.82 Å². The number of hydrogen-bond donors (Lipinski definition) is 3. The average Bonchev–Trinajstić information content (AvgIpc) is 2.86. The Morgan fingerprint density at radius 3 is 2.40 bits per heavy atom. The van der Waals surface area contributed by atoms with Crippen LogP contribution in [0.2, 0.25) is 0 Å². The van der Waals surface area contributed by atoms with E-state index in [0.717, 1.165) is 17.7 Å². The van der Waals surface area contributed by atoms with E-state index in [9.17, 15) is 0 Å². The fourth-order valence-electron chi connectivity index (χ4n) is 1.87. The summed E-state index contributed by atoms with van der Waals surface area (Å²) < 4.78 is 11.2. The SMILES string of the molecule is CCOC(OCC)c1[nH]nc(NC(CC)=NO)c1CC. The van der Waals surface area contributed by atoms with E-state index in [4.69, 9.17) is 14.7 Å². The van der Waals surface area contributed by atoms with Crippen molar-refractivity contribution in [3.8, 4) is 0 Å². The van der Waals surface area contributed by atoms with Crippen LogP contribution < -0.4 is 5.32 Å². The first-order chi connectivity index (χ1) is 9.71. The molecule has 0 aliphatic heterocycles. The van der Waals surface area contributed by atoms with Gasteiger partial charge >= 0.3 is 0 Å². The molecule has 114 valence electrons. The summed E-state index contributed by atoms with van der Waals surface area (Å²) in [6.07, 6.45) is 0.884. The molecule has 0 aliphatic carbocycles. The lowest BCUT2D eigenvalue weighted by Gasteiger charge is -2.16. The smallest absolute Gasteiger partial charge is 0.200 e. The number of rotatable bonds is 8. The summed E-state index contributed by atoms with van der Waals surface area (Å²) in [7, 11) is 0. The fraction of sp³-hybridized carbons (Fsp3) is 0.692. The van der Waals surface area contributed by atoms with E-state index in [-0.39, 0.29) is 0 Å². The van der Waals surface area contributed by atoms with Crippen molar-refractivity contribution in [2.45, 2.75) is 46.8 Å². The maximum absolute atomic E-state index is 8.87. The third-order valence-electron chi connectivity index (χ3n) is 2.84. The molecule has 3 N–H and O–H groups in total. The highest BCUT2D eigenvalue weighted by atomic mass is 16.7. The van der Waals surface area contributed by atoms with Gasteiger partial charge in [-0.3, -0.25) is 5.10 Å². The highest BCUT2D eigenvalue weighted by Gasteiger charge is 2.21. The van der Waals surface area contributed by atoms with Gasteiger partial charge in [0.05, 0.1) is 5.69 Å². The van der Waals surface area contributed by atoms with E-state index in [0.29, 0.717) is 31.3 Å². The molecule has 7 heteroatoms. The van der Waals surface area contributed by atoms with Crippen LogP contribution in [0, 0.1) is 0 Å². The maximum Gasteiger partial charge on any atom is 0.200 e. The van der Waals surface area contributed by atoms with Crippen LogP contribution in [0.5, 0.6) is 0 Å². The zero-order valence-electron chi connectivity index (χ0n) is 12.6. The molecule has 20 heavy (non-hydrogen) atoms. The molecular weight excluding hydrogens is 260 g/mol. The van der Waals surface area contributed by atoms with E-state index in [2.05, 4.69) is 20.7 Å². The third kappa shape index (κ3) is 3.94. The van der Waals surface area contributed by atoms with Crippen LogP contribution in [0.1, 0.15) is 51.7 Å². The van der Waals surface area contributed by atoms with Crippen molar-refractivity contribution in [1.82, 2.24) is 10.2 Å². The Kier molecular flexibility index (Phi) is 7.03. The molecule has 0 aliphatic rings. The van der Waals surface area contributed by atoms with Crippen molar-refractivity contribution in [2.75, 3.05) is 18.5 Å². The summed E-state index contributed by atoms with van der Waals surface area (Å²) in [4.78, 5) is 0. The van der Waals surface area contributed by atoms with Crippen molar-refractivity contribution in [3.05, 3.63) is 11.3 Å². The van der Waals surface area contributed by atoms with Crippen molar-refractivity contribution in [1.29, 1.82) is 0 Å². The second kappa shape index (κ2) is 8.55. The minimum Gasteiger partial charge on any atom is -0.409 e. The van der Waals surface area contributed by atoms with E-state index in [1.54, 1.807) is 0 Å². The monoisotopic (exact) mass is 284 g/mol.